The first-order valence-corrected chi connectivity index (χ1v) is 11.9. The molecule has 0 amide bonds. The highest BCUT2D eigenvalue weighted by molar-refractivity contribution is 7.91. The van der Waals surface area contributed by atoms with Crippen LogP contribution in [0.3, 0.4) is 0 Å². The van der Waals surface area contributed by atoms with Crippen molar-refractivity contribution >= 4 is 27.2 Å². The van der Waals surface area contributed by atoms with Crippen molar-refractivity contribution in [1.82, 2.24) is 0 Å². The van der Waals surface area contributed by atoms with Crippen LogP contribution in [0.1, 0.15) is 58.9 Å². The van der Waals surface area contributed by atoms with Crippen LogP contribution < -0.4 is 10.6 Å². The zero-order valence-electron chi connectivity index (χ0n) is 17.5. The molecule has 0 atom stereocenters. The van der Waals surface area contributed by atoms with Crippen LogP contribution in [0.2, 0.25) is 0 Å². The molecule has 0 aromatic heterocycles. The molecule has 0 saturated carbocycles. The summed E-state index contributed by atoms with van der Waals surface area (Å²) in [6.45, 7) is 9.14. The van der Waals surface area contributed by atoms with Gasteiger partial charge >= 0.3 is 5.97 Å². The zero-order valence-corrected chi connectivity index (χ0v) is 18.3. The number of anilines is 2. The minimum atomic E-state index is -2.90. The van der Waals surface area contributed by atoms with E-state index in [-0.39, 0.29) is 28.9 Å². The molecule has 1 fully saturated rings. The zero-order chi connectivity index (χ0) is 20.9. The van der Waals surface area contributed by atoms with E-state index in [1.807, 2.05) is 32.0 Å². The van der Waals surface area contributed by atoms with E-state index in [1.165, 1.54) is 0 Å². The van der Waals surface area contributed by atoms with Crippen LogP contribution >= 0.6 is 0 Å². The van der Waals surface area contributed by atoms with Gasteiger partial charge in [0.25, 0.3) is 0 Å². The summed E-state index contributed by atoms with van der Waals surface area (Å²) in [6.07, 6.45) is 2.52. The first-order chi connectivity index (χ1) is 13.1. The Kier molecular flexibility index (Phi) is 7.37. The molecule has 2 rings (SSSR count). The largest absolute Gasteiger partial charge is 0.466 e. The predicted molar refractivity (Wildman–Crippen MR) is 114 cm³/mol. The Labute approximate surface area is 169 Å². The van der Waals surface area contributed by atoms with Crippen molar-refractivity contribution in [3.8, 4) is 0 Å². The molecule has 28 heavy (non-hydrogen) atoms. The van der Waals surface area contributed by atoms with Gasteiger partial charge in [0, 0.05) is 18.0 Å². The fourth-order valence-corrected chi connectivity index (χ4v) is 5.31. The predicted octanol–water partition coefficient (Wildman–Crippen LogP) is 3.29. The Balaban J connectivity index is 2.24. The first kappa shape index (κ1) is 22.5. The van der Waals surface area contributed by atoms with E-state index in [0.29, 0.717) is 31.6 Å². The van der Waals surface area contributed by atoms with Crippen LogP contribution in [-0.2, 0) is 24.8 Å². The van der Waals surface area contributed by atoms with Gasteiger partial charge in [-0.05, 0) is 43.9 Å². The van der Waals surface area contributed by atoms with Crippen LogP contribution in [0.25, 0.3) is 0 Å². The number of esters is 1. The molecular formula is C21H34N2O4S. The topological polar surface area (TPSA) is 89.7 Å². The molecule has 0 bridgehead atoms. The quantitative estimate of drug-likeness (QED) is 0.522. The molecule has 0 unspecified atom stereocenters. The Morgan fingerprint density at radius 1 is 1.25 bits per heavy atom. The van der Waals surface area contributed by atoms with Gasteiger partial charge in [-0.15, -0.1) is 0 Å². The number of ether oxygens (including phenoxy) is 1. The summed E-state index contributed by atoms with van der Waals surface area (Å²) in [6, 6.07) is 6.16. The van der Waals surface area contributed by atoms with Gasteiger partial charge in [-0.3, -0.25) is 4.79 Å². The second-order valence-electron chi connectivity index (χ2n) is 8.22. The lowest BCUT2D eigenvalue weighted by molar-refractivity contribution is -0.144. The van der Waals surface area contributed by atoms with Crippen molar-refractivity contribution in [2.45, 2.75) is 64.8 Å². The second-order valence-corrected chi connectivity index (χ2v) is 10.5. The van der Waals surface area contributed by atoms with Crippen molar-refractivity contribution in [1.29, 1.82) is 0 Å². The first-order valence-electron chi connectivity index (χ1n) is 10.1. The van der Waals surface area contributed by atoms with Crippen LogP contribution in [0, 0.1) is 0 Å². The molecular weight excluding hydrogens is 376 g/mol. The number of hydrogen-bond acceptors (Lipinski definition) is 6. The van der Waals surface area contributed by atoms with Gasteiger partial charge in [0.2, 0.25) is 0 Å². The normalized spacial score (nSPS) is 17.3. The number of benzene rings is 1. The van der Waals surface area contributed by atoms with E-state index in [2.05, 4.69) is 11.8 Å². The van der Waals surface area contributed by atoms with Crippen molar-refractivity contribution in [3.63, 3.8) is 0 Å². The molecule has 0 radical (unpaired) electrons. The molecule has 0 spiro atoms. The second kappa shape index (κ2) is 9.16. The number of hydrogen-bond donors (Lipinski definition) is 1. The molecule has 6 nitrogen and oxygen atoms in total. The van der Waals surface area contributed by atoms with Gasteiger partial charge in [0.05, 0.1) is 35.9 Å². The molecule has 1 aliphatic rings. The van der Waals surface area contributed by atoms with E-state index < -0.39 is 9.84 Å². The third kappa shape index (κ3) is 5.63. The average Bonchev–Trinajstić information content (AvgIpc) is 2.60. The Hall–Kier alpha value is -1.76. The number of carbonyl (C=O) groups is 1. The average molecular weight is 411 g/mol. The van der Waals surface area contributed by atoms with Crippen LogP contribution in [0.4, 0.5) is 11.4 Å². The van der Waals surface area contributed by atoms with Gasteiger partial charge in [-0.1, -0.05) is 26.8 Å². The SMILES string of the molecule is CCCN(c1ccc(C(C)(C)CC(=O)OCC)cc1N)C1CCS(=O)(=O)CC1. The third-order valence-corrected chi connectivity index (χ3v) is 7.15. The summed E-state index contributed by atoms with van der Waals surface area (Å²) in [4.78, 5) is 14.2. The van der Waals surface area contributed by atoms with E-state index in [1.54, 1.807) is 6.92 Å². The fraction of sp³-hybridized carbons (Fsp3) is 0.667. The van der Waals surface area contributed by atoms with Gasteiger partial charge in [0.1, 0.15) is 9.84 Å². The van der Waals surface area contributed by atoms with Crippen molar-refractivity contribution in [2.75, 3.05) is 35.3 Å². The van der Waals surface area contributed by atoms with E-state index in [0.717, 1.165) is 24.2 Å². The smallest absolute Gasteiger partial charge is 0.306 e. The van der Waals surface area contributed by atoms with Crippen molar-refractivity contribution < 1.29 is 17.9 Å². The van der Waals surface area contributed by atoms with E-state index in [9.17, 15) is 13.2 Å². The summed E-state index contributed by atoms with van der Waals surface area (Å²) in [5.41, 5.74) is 8.64. The molecule has 158 valence electrons. The molecule has 2 N–H and O–H groups in total. The molecule has 1 aromatic carbocycles. The van der Waals surface area contributed by atoms with Crippen LogP contribution in [-0.4, -0.2) is 45.1 Å². The van der Waals surface area contributed by atoms with Gasteiger partial charge in [-0.2, -0.15) is 0 Å². The van der Waals surface area contributed by atoms with Crippen LogP contribution in [0.5, 0.6) is 0 Å². The highest BCUT2D eigenvalue weighted by atomic mass is 32.2. The Morgan fingerprint density at radius 3 is 2.43 bits per heavy atom. The lowest BCUT2D eigenvalue weighted by Gasteiger charge is -2.37. The van der Waals surface area contributed by atoms with Gasteiger partial charge in [-0.25, -0.2) is 8.42 Å². The Morgan fingerprint density at radius 2 is 1.89 bits per heavy atom. The summed E-state index contributed by atoms with van der Waals surface area (Å²) in [5, 5.41) is 0. The molecule has 7 heteroatoms. The van der Waals surface area contributed by atoms with E-state index >= 15 is 0 Å². The molecule has 1 saturated heterocycles. The fourth-order valence-electron chi connectivity index (χ4n) is 3.84. The van der Waals surface area contributed by atoms with Gasteiger partial charge < -0.3 is 15.4 Å². The monoisotopic (exact) mass is 410 g/mol. The van der Waals surface area contributed by atoms with E-state index in [4.69, 9.17) is 10.5 Å². The molecule has 1 aromatic rings. The minimum Gasteiger partial charge on any atom is -0.466 e. The highest BCUT2D eigenvalue weighted by Gasteiger charge is 2.30. The highest BCUT2D eigenvalue weighted by Crippen LogP contribution is 2.35. The Bertz CT molecular complexity index is 776. The number of sulfone groups is 1. The van der Waals surface area contributed by atoms with Gasteiger partial charge in [0.15, 0.2) is 0 Å². The number of nitrogen functional groups attached to an aromatic ring is 1. The van der Waals surface area contributed by atoms with Crippen molar-refractivity contribution in [2.24, 2.45) is 0 Å². The third-order valence-electron chi connectivity index (χ3n) is 5.44. The maximum absolute atomic E-state index is 11.9. The minimum absolute atomic E-state index is 0.184. The maximum Gasteiger partial charge on any atom is 0.306 e. The molecule has 1 aliphatic heterocycles. The molecule has 0 aliphatic carbocycles. The number of nitrogens with two attached hydrogens (primary N) is 1. The standard InChI is InChI=1S/C21H34N2O4S/c1-5-11-23(17-9-12-28(25,26)13-10-17)19-8-7-16(14-18(19)22)21(3,4)15-20(24)27-6-2/h7-8,14,17H,5-6,9-13,15,22H2,1-4H3. The summed E-state index contributed by atoms with van der Waals surface area (Å²) in [5.74, 6) is 0.261. The number of nitrogens with zero attached hydrogens (tertiary/aromatic N) is 1. The maximum atomic E-state index is 11.9. The lowest BCUT2D eigenvalue weighted by Crippen LogP contribution is -2.42. The number of rotatable bonds is 8. The lowest BCUT2D eigenvalue weighted by atomic mass is 9.81. The summed E-state index contributed by atoms with van der Waals surface area (Å²) < 4.78 is 28.7. The summed E-state index contributed by atoms with van der Waals surface area (Å²) in [7, 11) is -2.90. The van der Waals surface area contributed by atoms with Crippen LogP contribution in [0.15, 0.2) is 18.2 Å². The molecule has 1 heterocycles. The van der Waals surface area contributed by atoms with Crippen molar-refractivity contribution in [3.05, 3.63) is 23.8 Å². The number of carbonyl (C=O) groups excluding carboxylic acids is 1. The summed E-state index contributed by atoms with van der Waals surface area (Å²) >= 11 is 0.